The Kier molecular flexibility index (Phi) is 7.93. The lowest BCUT2D eigenvalue weighted by Crippen LogP contribution is -2.43. The maximum absolute atomic E-state index is 12.0. The van der Waals surface area contributed by atoms with Crippen molar-refractivity contribution >= 4 is 25.5 Å². The summed E-state index contributed by atoms with van der Waals surface area (Å²) < 4.78 is 0. The van der Waals surface area contributed by atoms with Crippen molar-refractivity contribution in [2.45, 2.75) is 97.4 Å². The molecule has 1 aliphatic rings. The first-order valence-corrected chi connectivity index (χ1v) is 14.9. The van der Waals surface area contributed by atoms with Crippen LogP contribution >= 0.6 is 0 Å². The van der Waals surface area contributed by atoms with Crippen LogP contribution in [-0.2, 0) is 4.79 Å². The molecule has 1 N–H and O–H groups in total. The second kappa shape index (κ2) is 10.4. The van der Waals surface area contributed by atoms with Gasteiger partial charge in [0.2, 0.25) is 5.91 Å². The van der Waals surface area contributed by atoms with E-state index in [-0.39, 0.29) is 18.0 Å². The summed E-state index contributed by atoms with van der Waals surface area (Å²) >= 11 is 0. The number of aryl methyl sites for hydroxylation is 1. The first-order chi connectivity index (χ1) is 16.0. The molecule has 0 bridgehead atoms. The zero-order chi connectivity index (χ0) is 25.2. The van der Waals surface area contributed by atoms with Crippen LogP contribution in [0.3, 0.4) is 0 Å². The smallest absolute Gasteiger partial charge is 0.217 e. The number of fused-ring (bicyclic) bond motifs is 1. The molecule has 2 atom stereocenters. The van der Waals surface area contributed by atoms with Crippen LogP contribution < -0.4 is 10.2 Å². The number of pyridine rings is 1. The monoisotopic (exact) mass is 475 g/mol. The van der Waals surface area contributed by atoms with Gasteiger partial charge in [-0.25, -0.2) is 4.98 Å². The molecule has 4 nitrogen and oxygen atoms in total. The molecule has 1 amide bonds. The van der Waals surface area contributed by atoms with Gasteiger partial charge in [-0.1, -0.05) is 53.5 Å². The average Bonchev–Trinajstić information content (AvgIpc) is 2.73. The second-order valence-electron chi connectivity index (χ2n) is 10.8. The predicted octanol–water partition coefficient (Wildman–Crippen LogP) is 7.07. The first kappa shape index (κ1) is 26.0. The van der Waals surface area contributed by atoms with E-state index in [9.17, 15) is 4.79 Å². The molecule has 2 heterocycles. The Hall–Kier alpha value is -2.58. The number of nitrogens with one attached hydrogen (secondary N) is 1. The van der Waals surface area contributed by atoms with Gasteiger partial charge in [-0.15, -0.1) is 5.54 Å². The number of rotatable bonds is 5. The van der Waals surface area contributed by atoms with Crippen LogP contribution in [0.5, 0.6) is 0 Å². The fourth-order valence-electron chi connectivity index (χ4n) is 5.95. The van der Waals surface area contributed by atoms with E-state index in [1.807, 2.05) is 13.0 Å². The minimum atomic E-state index is -1.82. The third-order valence-corrected chi connectivity index (χ3v) is 13.8. The number of carbonyl (C=O) groups is 1. The summed E-state index contributed by atoms with van der Waals surface area (Å²) in [5, 5.41) is 3.18. The highest BCUT2D eigenvalue weighted by molar-refractivity contribution is 6.90. The van der Waals surface area contributed by atoms with Crippen molar-refractivity contribution in [3.8, 4) is 11.5 Å². The van der Waals surface area contributed by atoms with Gasteiger partial charge in [0.25, 0.3) is 0 Å². The van der Waals surface area contributed by atoms with Crippen molar-refractivity contribution in [1.82, 2.24) is 10.3 Å². The van der Waals surface area contributed by atoms with Gasteiger partial charge in [0, 0.05) is 29.9 Å². The van der Waals surface area contributed by atoms with Crippen LogP contribution in [0.2, 0.25) is 16.6 Å². The summed E-state index contributed by atoms with van der Waals surface area (Å²) in [6.45, 7) is 19.9. The molecule has 0 radical (unpaired) electrons. The molecule has 0 aliphatic carbocycles. The predicted molar refractivity (Wildman–Crippen MR) is 146 cm³/mol. The van der Waals surface area contributed by atoms with E-state index in [0.29, 0.717) is 16.6 Å². The SMILES string of the molecule is CC(=O)NC1CC(C)N(c2cccc(C)n2)c2ccc(C#C[Si](C(C)C)(C(C)C)C(C)C)cc21. The van der Waals surface area contributed by atoms with E-state index in [1.165, 1.54) is 0 Å². The lowest BCUT2D eigenvalue weighted by molar-refractivity contribution is -0.119. The topological polar surface area (TPSA) is 45.2 Å². The number of aromatic nitrogens is 1. The molecule has 3 rings (SSSR count). The lowest BCUT2D eigenvalue weighted by atomic mass is 9.90. The Labute approximate surface area is 207 Å². The van der Waals surface area contributed by atoms with Crippen molar-refractivity contribution in [3.63, 3.8) is 0 Å². The quantitative estimate of drug-likeness (QED) is 0.372. The molecule has 0 saturated carbocycles. The molecule has 1 aromatic carbocycles. The number of anilines is 2. The van der Waals surface area contributed by atoms with Crippen molar-refractivity contribution in [2.75, 3.05) is 4.90 Å². The van der Waals surface area contributed by atoms with E-state index >= 15 is 0 Å². The summed E-state index contributed by atoms with van der Waals surface area (Å²) in [6, 6.07) is 12.8. The lowest BCUT2D eigenvalue weighted by Gasteiger charge is -2.40. The second-order valence-corrected chi connectivity index (χ2v) is 16.3. The third-order valence-electron chi connectivity index (χ3n) is 7.47. The molecule has 0 saturated heterocycles. The maximum atomic E-state index is 12.0. The van der Waals surface area contributed by atoms with E-state index in [2.05, 4.69) is 100 Å². The molecule has 5 heteroatoms. The number of amides is 1. The molecule has 0 spiro atoms. The Morgan fingerprint density at radius 2 is 1.74 bits per heavy atom. The van der Waals surface area contributed by atoms with Gasteiger partial charge in [0.05, 0.1) is 6.04 Å². The molecule has 182 valence electrons. The number of hydrogen-bond acceptors (Lipinski definition) is 3. The number of benzene rings is 1. The third kappa shape index (κ3) is 5.07. The molecule has 2 unspecified atom stereocenters. The van der Waals surface area contributed by atoms with Crippen molar-refractivity contribution in [2.24, 2.45) is 0 Å². The first-order valence-electron chi connectivity index (χ1n) is 12.6. The Morgan fingerprint density at radius 3 is 2.29 bits per heavy atom. The summed E-state index contributed by atoms with van der Waals surface area (Å²) in [5.74, 6) is 4.53. The highest BCUT2D eigenvalue weighted by Gasteiger charge is 2.41. The highest BCUT2D eigenvalue weighted by Crippen LogP contribution is 2.42. The molecule has 34 heavy (non-hydrogen) atoms. The Bertz CT molecular complexity index is 1070. The molecule has 0 fully saturated rings. The fraction of sp³-hybridized carbons (Fsp3) is 0.517. The van der Waals surface area contributed by atoms with Crippen molar-refractivity contribution in [3.05, 3.63) is 53.2 Å². The van der Waals surface area contributed by atoms with E-state index in [1.54, 1.807) is 6.92 Å². The van der Waals surface area contributed by atoms with Gasteiger partial charge in [0.1, 0.15) is 13.9 Å². The summed E-state index contributed by atoms with van der Waals surface area (Å²) in [4.78, 5) is 19.1. The minimum Gasteiger partial charge on any atom is -0.349 e. The van der Waals surface area contributed by atoms with Crippen molar-refractivity contribution < 1.29 is 4.79 Å². The van der Waals surface area contributed by atoms with Gasteiger partial charge in [-0.2, -0.15) is 0 Å². The zero-order valence-electron chi connectivity index (χ0n) is 22.4. The number of hydrogen-bond donors (Lipinski definition) is 1. The Balaban J connectivity index is 2.13. The highest BCUT2D eigenvalue weighted by atomic mass is 28.3. The largest absolute Gasteiger partial charge is 0.349 e. The van der Waals surface area contributed by atoms with Gasteiger partial charge < -0.3 is 10.2 Å². The summed E-state index contributed by atoms with van der Waals surface area (Å²) in [7, 11) is -1.82. The maximum Gasteiger partial charge on any atom is 0.217 e. The zero-order valence-corrected chi connectivity index (χ0v) is 23.4. The van der Waals surface area contributed by atoms with E-state index in [4.69, 9.17) is 4.98 Å². The van der Waals surface area contributed by atoms with Gasteiger partial charge >= 0.3 is 0 Å². The molecular formula is C29H41N3OSi. The minimum absolute atomic E-state index is 0.00684. The normalized spacial score (nSPS) is 18.1. The van der Waals surface area contributed by atoms with Crippen LogP contribution in [0.25, 0.3) is 0 Å². The van der Waals surface area contributed by atoms with Crippen LogP contribution in [-0.4, -0.2) is 25.0 Å². The van der Waals surface area contributed by atoms with Crippen LogP contribution in [0.1, 0.15) is 84.7 Å². The molecular weight excluding hydrogens is 434 g/mol. The van der Waals surface area contributed by atoms with E-state index < -0.39 is 8.07 Å². The Morgan fingerprint density at radius 1 is 1.09 bits per heavy atom. The van der Waals surface area contributed by atoms with Gasteiger partial charge in [-0.05, 0) is 72.8 Å². The van der Waals surface area contributed by atoms with E-state index in [0.717, 1.165) is 34.7 Å². The van der Waals surface area contributed by atoms with Gasteiger partial charge in [-0.3, -0.25) is 4.79 Å². The van der Waals surface area contributed by atoms with Crippen LogP contribution in [0.15, 0.2) is 36.4 Å². The molecule has 2 aromatic rings. The summed E-state index contributed by atoms with van der Waals surface area (Å²) in [6.07, 6.45) is 0.821. The number of nitrogens with zero attached hydrogens (tertiary/aromatic N) is 2. The average molecular weight is 476 g/mol. The van der Waals surface area contributed by atoms with Gasteiger partial charge in [0.15, 0.2) is 0 Å². The molecule has 1 aliphatic heterocycles. The van der Waals surface area contributed by atoms with Crippen LogP contribution in [0, 0.1) is 18.4 Å². The molecule has 1 aromatic heterocycles. The standard InChI is InChI=1S/C29H41N3OSi/c1-19(2)34(20(3)4,21(5)6)16-15-25-13-14-28-26(18-25)27(31-24(9)33)17-23(8)32(28)29-12-10-11-22(7)30-29/h10-14,18-21,23,27H,17H2,1-9H3,(H,31,33). The fourth-order valence-corrected chi connectivity index (χ4v) is 11.2. The summed E-state index contributed by atoms with van der Waals surface area (Å²) in [5.41, 5.74) is 9.86. The number of carbonyl (C=O) groups excluding carboxylic acids is 1. The van der Waals surface area contributed by atoms with Crippen LogP contribution in [0.4, 0.5) is 11.5 Å². The van der Waals surface area contributed by atoms with Crippen molar-refractivity contribution in [1.29, 1.82) is 0 Å².